The third-order valence-electron chi connectivity index (χ3n) is 3.36. The Hall–Kier alpha value is -2.75. The van der Waals surface area contributed by atoms with Crippen LogP contribution in [0.2, 0.25) is 0 Å². The van der Waals surface area contributed by atoms with E-state index in [4.69, 9.17) is 0 Å². The molecule has 0 aliphatic heterocycles. The lowest BCUT2D eigenvalue weighted by Crippen LogP contribution is -2.04. The Balaban J connectivity index is 2.00. The molecule has 0 radical (unpaired) electrons. The average Bonchev–Trinajstić information content (AvgIpc) is 2.90. The molecule has 3 nitrogen and oxygen atoms in total. The lowest BCUT2D eigenvalue weighted by Gasteiger charge is -2.05. The van der Waals surface area contributed by atoms with Gasteiger partial charge in [-0.25, -0.2) is 9.07 Å². The maximum absolute atomic E-state index is 13.0. The summed E-state index contributed by atoms with van der Waals surface area (Å²) in [5, 5.41) is 4.24. The highest BCUT2D eigenvalue weighted by Crippen LogP contribution is 2.17. The van der Waals surface area contributed by atoms with Crippen LogP contribution in [0.1, 0.15) is 21.6 Å². The molecule has 1 aromatic heterocycles. The summed E-state index contributed by atoms with van der Waals surface area (Å²) in [5.41, 5.74) is 2.63. The van der Waals surface area contributed by atoms with Gasteiger partial charge in [0.05, 0.1) is 23.1 Å². The third kappa shape index (κ3) is 2.48. The highest BCUT2D eigenvalue weighted by atomic mass is 19.1. The molecule has 3 rings (SSSR count). The van der Waals surface area contributed by atoms with Crippen LogP contribution in [0.3, 0.4) is 0 Å². The molecule has 0 saturated heterocycles. The Morgan fingerprint density at radius 3 is 2.38 bits per heavy atom. The molecular weight excluding hydrogens is 267 g/mol. The Labute approximate surface area is 121 Å². The lowest BCUT2D eigenvalue weighted by atomic mass is 10.0. The van der Waals surface area contributed by atoms with Crippen molar-refractivity contribution >= 4 is 5.78 Å². The highest BCUT2D eigenvalue weighted by Gasteiger charge is 2.16. The van der Waals surface area contributed by atoms with Gasteiger partial charge in [-0.1, -0.05) is 30.3 Å². The van der Waals surface area contributed by atoms with Crippen LogP contribution in [-0.4, -0.2) is 15.6 Å². The first-order valence-corrected chi connectivity index (χ1v) is 6.57. The molecule has 0 aliphatic carbocycles. The summed E-state index contributed by atoms with van der Waals surface area (Å²) in [6.45, 7) is 1.83. The van der Waals surface area contributed by atoms with Gasteiger partial charge < -0.3 is 0 Å². The largest absolute Gasteiger partial charge is 0.288 e. The fourth-order valence-electron chi connectivity index (χ4n) is 2.22. The highest BCUT2D eigenvalue weighted by molar-refractivity contribution is 6.09. The van der Waals surface area contributed by atoms with Gasteiger partial charge in [0, 0.05) is 5.56 Å². The molecule has 0 fully saturated rings. The summed E-state index contributed by atoms with van der Waals surface area (Å²) in [6.07, 6.45) is 1.55. The van der Waals surface area contributed by atoms with Crippen molar-refractivity contribution in [1.29, 1.82) is 0 Å². The van der Waals surface area contributed by atoms with Gasteiger partial charge in [0.25, 0.3) is 0 Å². The molecule has 0 bridgehead atoms. The van der Waals surface area contributed by atoms with Crippen LogP contribution in [0.4, 0.5) is 4.39 Å². The zero-order valence-electron chi connectivity index (χ0n) is 11.5. The van der Waals surface area contributed by atoms with Crippen molar-refractivity contribution in [3.63, 3.8) is 0 Å². The Kier molecular flexibility index (Phi) is 3.36. The molecule has 0 aliphatic rings. The van der Waals surface area contributed by atoms with Gasteiger partial charge in [-0.2, -0.15) is 5.10 Å². The SMILES string of the molecule is Cc1c(C(=O)c2ccccc2)cnn1-c1ccc(F)cc1. The number of carbonyl (C=O) groups excluding carboxylic acids is 1. The first-order chi connectivity index (χ1) is 10.2. The van der Waals surface area contributed by atoms with Crippen molar-refractivity contribution in [2.45, 2.75) is 6.92 Å². The van der Waals surface area contributed by atoms with Crippen molar-refractivity contribution in [1.82, 2.24) is 9.78 Å². The van der Waals surface area contributed by atoms with Gasteiger partial charge in [0.1, 0.15) is 5.82 Å². The van der Waals surface area contributed by atoms with Crippen molar-refractivity contribution in [2.75, 3.05) is 0 Å². The predicted molar refractivity (Wildman–Crippen MR) is 78.1 cm³/mol. The zero-order chi connectivity index (χ0) is 14.8. The molecule has 3 aromatic rings. The van der Waals surface area contributed by atoms with Gasteiger partial charge in [-0.05, 0) is 31.2 Å². The number of benzene rings is 2. The van der Waals surface area contributed by atoms with Gasteiger partial charge in [0.15, 0.2) is 5.78 Å². The number of rotatable bonds is 3. The average molecular weight is 280 g/mol. The van der Waals surface area contributed by atoms with Crippen LogP contribution in [-0.2, 0) is 0 Å². The summed E-state index contributed by atoms with van der Waals surface area (Å²) in [5.74, 6) is -0.370. The number of halogens is 1. The quantitative estimate of drug-likeness (QED) is 0.688. The molecule has 2 aromatic carbocycles. The van der Waals surface area contributed by atoms with Gasteiger partial charge in [-0.15, -0.1) is 0 Å². The standard InChI is InChI=1S/C17H13FN2O/c1-12-16(17(21)13-5-3-2-4-6-13)11-19-20(12)15-9-7-14(18)8-10-15/h2-11H,1H3. The summed E-state index contributed by atoms with van der Waals surface area (Å²) in [7, 11) is 0. The van der Waals surface area contributed by atoms with E-state index in [1.165, 1.54) is 12.1 Å². The van der Waals surface area contributed by atoms with Crippen LogP contribution in [0.25, 0.3) is 5.69 Å². The molecule has 0 amide bonds. The normalized spacial score (nSPS) is 10.6. The molecule has 0 spiro atoms. The molecule has 4 heteroatoms. The maximum atomic E-state index is 13.0. The second-order valence-electron chi connectivity index (χ2n) is 4.73. The van der Waals surface area contributed by atoms with Crippen LogP contribution >= 0.6 is 0 Å². The summed E-state index contributed by atoms with van der Waals surface area (Å²) in [4.78, 5) is 12.5. The molecule has 0 N–H and O–H groups in total. The number of carbonyl (C=O) groups is 1. The topological polar surface area (TPSA) is 34.9 Å². The van der Waals surface area contributed by atoms with E-state index in [0.717, 1.165) is 11.4 Å². The summed E-state index contributed by atoms with van der Waals surface area (Å²) < 4.78 is 14.6. The Morgan fingerprint density at radius 1 is 1.05 bits per heavy atom. The van der Waals surface area contributed by atoms with Gasteiger partial charge >= 0.3 is 0 Å². The van der Waals surface area contributed by atoms with Crippen molar-refractivity contribution in [3.05, 3.63) is 83.4 Å². The van der Waals surface area contributed by atoms with Crippen molar-refractivity contribution in [3.8, 4) is 5.69 Å². The maximum Gasteiger partial charge on any atom is 0.196 e. The van der Waals surface area contributed by atoms with E-state index in [2.05, 4.69) is 5.10 Å². The van der Waals surface area contributed by atoms with Gasteiger partial charge in [0.2, 0.25) is 0 Å². The Bertz CT molecular complexity index is 776. The molecule has 104 valence electrons. The summed E-state index contributed by atoms with van der Waals surface area (Å²) in [6, 6.07) is 15.1. The van der Waals surface area contributed by atoms with Crippen LogP contribution in [0.15, 0.2) is 60.8 Å². The number of hydrogen-bond acceptors (Lipinski definition) is 2. The van der Waals surface area contributed by atoms with Crippen LogP contribution < -0.4 is 0 Å². The predicted octanol–water partition coefficient (Wildman–Crippen LogP) is 3.55. The zero-order valence-corrected chi connectivity index (χ0v) is 11.5. The van der Waals surface area contributed by atoms with E-state index >= 15 is 0 Å². The molecule has 1 heterocycles. The smallest absolute Gasteiger partial charge is 0.196 e. The van der Waals surface area contributed by atoms with Crippen molar-refractivity contribution < 1.29 is 9.18 Å². The molecule has 21 heavy (non-hydrogen) atoms. The lowest BCUT2D eigenvalue weighted by molar-refractivity contribution is 0.103. The van der Waals surface area contributed by atoms with E-state index in [1.54, 1.807) is 35.1 Å². The minimum Gasteiger partial charge on any atom is -0.288 e. The number of ketones is 1. The van der Waals surface area contributed by atoms with E-state index in [9.17, 15) is 9.18 Å². The second kappa shape index (κ2) is 5.32. The first kappa shape index (κ1) is 13.2. The Morgan fingerprint density at radius 2 is 1.71 bits per heavy atom. The minimum absolute atomic E-state index is 0.0681. The molecular formula is C17H13FN2O. The van der Waals surface area contributed by atoms with E-state index in [0.29, 0.717) is 11.1 Å². The monoisotopic (exact) mass is 280 g/mol. The van der Waals surface area contributed by atoms with E-state index in [1.807, 2.05) is 25.1 Å². The van der Waals surface area contributed by atoms with Gasteiger partial charge in [-0.3, -0.25) is 4.79 Å². The molecule has 0 atom stereocenters. The fourth-order valence-corrected chi connectivity index (χ4v) is 2.22. The van der Waals surface area contributed by atoms with E-state index < -0.39 is 0 Å². The summed E-state index contributed by atoms with van der Waals surface area (Å²) >= 11 is 0. The fraction of sp³-hybridized carbons (Fsp3) is 0.0588. The van der Waals surface area contributed by atoms with Crippen LogP contribution in [0.5, 0.6) is 0 Å². The molecule has 0 saturated carbocycles. The number of nitrogens with zero attached hydrogens (tertiary/aromatic N) is 2. The van der Waals surface area contributed by atoms with E-state index in [-0.39, 0.29) is 11.6 Å². The minimum atomic E-state index is -0.302. The molecule has 0 unspecified atom stereocenters. The van der Waals surface area contributed by atoms with Crippen LogP contribution in [0, 0.1) is 12.7 Å². The third-order valence-corrected chi connectivity index (χ3v) is 3.36. The second-order valence-corrected chi connectivity index (χ2v) is 4.73. The first-order valence-electron chi connectivity index (χ1n) is 6.57. The number of aromatic nitrogens is 2. The number of hydrogen-bond donors (Lipinski definition) is 0. The van der Waals surface area contributed by atoms with Crippen molar-refractivity contribution in [2.24, 2.45) is 0 Å².